The van der Waals surface area contributed by atoms with Crippen LogP contribution in [0.15, 0.2) is 16.3 Å². The summed E-state index contributed by atoms with van der Waals surface area (Å²) in [5, 5.41) is 0. The first kappa shape index (κ1) is 13.9. The maximum Gasteiger partial charge on any atom is 0.250 e. The number of nitrogens with one attached hydrogen (secondary N) is 1. The molecule has 0 saturated heterocycles. The topological polar surface area (TPSA) is 55.4 Å². The number of sulfonamides is 1. The van der Waals surface area contributed by atoms with Gasteiger partial charge < -0.3 is 4.74 Å². The van der Waals surface area contributed by atoms with Gasteiger partial charge in [0.15, 0.2) is 0 Å². The van der Waals surface area contributed by atoms with Gasteiger partial charge in [-0.15, -0.1) is 22.9 Å². The molecule has 1 aromatic heterocycles. The molecule has 0 bridgehead atoms. The SMILES string of the molecule is COCCNS(=O)(=O)c1ccc(CCCl)s1. The third kappa shape index (κ3) is 4.03. The van der Waals surface area contributed by atoms with Crippen LogP contribution in [-0.2, 0) is 21.2 Å². The second kappa shape index (κ2) is 6.56. The molecule has 0 fully saturated rings. The summed E-state index contributed by atoms with van der Waals surface area (Å²) in [6.07, 6.45) is 0.694. The summed E-state index contributed by atoms with van der Waals surface area (Å²) >= 11 is 6.83. The van der Waals surface area contributed by atoms with Crippen molar-refractivity contribution in [1.82, 2.24) is 4.72 Å². The summed E-state index contributed by atoms with van der Waals surface area (Å²) in [6, 6.07) is 3.39. The van der Waals surface area contributed by atoms with Crippen molar-refractivity contribution < 1.29 is 13.2 Å². The summed E-state index contributed by atoms with van der Waals surface area (Å²) < 4.78 is 31.0. The first-order valence-corrected chi connectivity index (χ1v) is 7.57. The van der Waals surface area contributed by atoms with E-state index in [9.17, 15) is 8.42 Å². The first-order valence-electron chi connectivity index (χ1n) is 4.73. The predicted molar refractivity (Wildman–Crippen MR) is 65.8 cm³/mol. The number of alkyl halides is 1. The number of ether oxygens (including phenoxy) is 1. The highest BCUT2D eigenvalue weighted by Crippen LogP contribution is 2.21. The molecule has 1 N–H and O–H groups in total. The van der Waals surface area contributed by atoms with E-state index in [0.29, 0.717) is 23.1 Å². The van der Waals surface area contributed by atoms with Gasteiger partial charge in [-0.05, 0) is 18.6 Å². The van der Waals surface area contributed by atoms with Gasteiger partial charge in [0.1, 0.15) is 4.21 Å². The molecule has 92 valence electrons. The number of hydrogen-bond donors (Lipinski definition) is 1. The van der Waals surface area contributed by atoms with Gasteiger partial charge in [0.25, 0.3) is 0 Å². The summed E-state index contributed by atoms with van der Waals surface area (Å²) in [5.74, 6) is 0.497. The van der Waals surface area contributed by atoms with Gasteiger partial charge in [0.05, 0.1) is 6.61 Å². The normalized spacial score (nSPS) is 11.9. The van der Waals surface area contributed by atoms with E-state index in [1.165, 1.54) is 18.4 Å². The molecule has 0 radical (unpaired) electrons. The van der Waals surface area contributed by atoms with Crippen LogP contribution in [0.2, 0.25) is 0 Å². The van der Waals surface area contributed by atoms with Gasteiger partial charge in [0.2, 0.25) is 10.0 Å². The van der Waals surface area contributed by atoms with E-state index in [1.54, 1.807) is 12.1 Å². The molecule has 16 heavy (non-hydrogen) atoms. The van der Waals surface area contributed by atoms with Crippen LogP contribution >= 0.6 is 22.9 Å². The summed E-state index contributed by atoms with van der Waals surface area (Å²) in [4.78, 5) is 0.974. The van der Waals surface area contributed by atoms with Crippen molar-refractivity contribution in [2.24, 2.45) is 0 Å². The maximum atomic E-state index is 11.7. The monoisotopic (exact) mass is 283 g/mol. The Kier molecular flexibility index (Phi) is 5.71. The van der Waals surface area contributed by atoms with E-state index in [4.69, 9.17) is 16.3 Å². The molecular weight excluding hydrogens is 270 g/mol. The number of hydrogen-bond acceptors (Lipinski definition) is 4. The van der Waals surface area contributed by atoms with Crippen LogP contribution in [0.25, 0.3) is 0 Å². The fourth-order valence-corrected chi connectivity index (χ4v) is 3.81. The van der Waals surface area contributed by atoms with Crippen LogP contribution in [0.4, 0.5) is 0 Å². The van der Waals surface area contributed by atoms with Crippen LogP contribution in [0.5, 0.6) is 0 Å². The first-order chi connectivity index (χ1) is 7.60. The van der Waals surface area contributed by atoms with E-state index in [1.807, 2.05) is 0 Å². The molecule has 0 unspecified atom stereocenters. The number of thiophene rings is 1. The van der Waals surface area contributed by atoms with E-state index < -0.39 is 10.0 Å². The fourth-order valence-electron chi connectivity index (χ4n) is 1.08. The molecule has 4 nitrogen and oxygen atoms in total. The molecule has 1 rings (SSSR count). The summed E-state index contributed by atoms with van der Waals surface area (Å²) in [5.41, 5.74) is 0. The minimum atomic E-state index is -3.38. The van der Waals surface area contributed by atoms with Crippen molar-refractivity contribution in [1.29, 1.82) is 0 Å². The summed E-state index contributed by atoms with van der Waals surface area (Å²) in [6.45, 7) is 0.640. The van der Waals surface area contributed by atoms with Crippen molar-refractivity contribution in [3.63, 3.8) is 0 Å². The van der Waals surface area contributed by atoms with Gasteiger partial charge in [-0.1, -0.05) is 0 Å². The highest BCUT2D eigenvalue weighted by Gasteiger charge is 2.15. The Morgan fingerprint density at radius 3 is 2.88 bits per heavy atom. The average molecular weight is 284 g/mol. The Hall–Kier alpha value is -0.140. The molecule has 7 heteroatoms. The zero-order valence-electron chi connectivity index (χ0n) is 8.90. The molecule has 0 aliphatic heterocycles. The lowest BCUT2D eigenvalue weighted by molar-refractivity contribution is 0.204. The average Bonchev–Trinajstić information content (AvgIpc) is 2.68. The van der Waals surface area contributed by atoms with Gasteiger partial charge in [-0.2, -0.15) is 0 Å². The van der Waals surface area contributed by atoms with E-state index >= 15 is 0 Å². The molecule has 1 aromatic rings. The molecular formula is C9H14ClNO3S2. The lowest BCUT2D eigenvalue weighted by atomic mass is 10.4. The highest BCUT2D eigenvalue weighted by atomic mass is 35.5. The Morgan fingerprint density at radius 2 is 2.25 bits per heavy atom. The minimum Gasteiger partial charge on any atom is -0.383 e. The smallest absolute Gasteiger partial charge is 0.250 e. The van der Waals surface area contributed by atoms with Gasteiger partial charge >= 0.3 is 0 Å². The molecule has 0 aliphatic carbocycles. The maximum absolute atomic E-state index is 11.7. The van der Waals surface area contributed by atoms with Gasteiger partial charge in [-0.25, -0.2) is 13.1 Å². The van der Waals surface area contributed by atoms with Gasteiger partial charge in [-0.3, -0.25) is 0 Å². The van der Waals surface area contributed by atoms with E-state index in [-0.39, 0.29) is 6.54 Å². The van der Waals surface area contributed by atoms with E-state index in [2.05, 4.69) is 4.72 Å². The zero-order chi connectivity index (χ0) is 12.0. The number of methoxy groups -OCH3 is 1. The van der Waals surface area contributed by atoms with Gasteiger partial charge in [0, 0.05) is 24.4 Å². The Morgan fingerprint density at radius 1 is 1.50 bits per heavy atom. The molecule has 0 aliphatic rings. The van der Waals surface area contributed by atoms with Crippen molar-refractivity contribution in [2.45, 2.75) is 10.6 Å². The third-order valence-electron chi connectivity index (χ3n) is 1.84. The standard InChI is InChI=1S/C9H14ClNO3S2/c1-14-7-6-11-16(12,13)9-3-2-8(15-9)4-5-10/h2-3,11H,4-7H2,1H3. The molecule has 0 saturated carbocycles. The second-order valence-corrected chi connectivity index (χ2v) is 6.59. The predicted octanol–water partition coefficient (Wildman–Crippen LogP) is 1.45. The van der Waals surface area contributed by atoms with E-state index in [0.717, 1.165) is 4.88 Å². The van der Waals surface area contributed by atoms with Crippen LogP contribution in [0, 0.1) is 0 Å². The van der Waals surface area contributed by atoms with Crippen LogP contribution in [0.3, 0.4) is 0 Å². The van der Waals surface area contributed by atoms with Crippen molar-refractivity contribution in [3.05, 3.63) is 17.0 Å². The number of aryl methyl sites for hydroxylation is 1. The van der Waals surface area contributed by atoms with Crippen LogP contribution in [-0.4, -0.2) is 34.6 Å². The Labute approximate surface area is 105 Å². The van der Waals surface area contributed by atoms with Crippen molar-refractivity contribution in [3.8, 4) is 0 Å². The Bertz CT molecular complexity index is 416. The lowest BCUT2D eigenvalue weighted by Crippen LogP contribution is -2.26. The van der Waals surface area contributed by atoms with Crippen molar-refractivity contribution in [2.75, 3.05) is 26.1 Å². The zero-order valence-corrected chi connectivity index (χ0v) is 11.3. The molecule has 1 heterocycles. The number of halogens is 1. The third-order valence-corrected chi connectivity index (χ3v) is 5.13. The molecule has 0 aromatic carbocycles. The quantitative estimate of drug-likeness (QED) is 0.609. The largest absolute Gasteiger partial charge is 0.383 e. The minimum absolute atomic E-state index is 0.279. The van der Waals surface area contributed by atoms with Crippen molar-refractivity contribution >= 4 is 33.0 Å². The second-order valence-electron chi connectivity index (χ2n) is 3.05. The molecule has 0 spiro atoms. The summed E-state index contributed by atoms with van der Waals surface area (Å²) in [7, 11) is -1.86. The van der Waals surface area contributed by atoms with Crippen LogP contribution in [0.1, 0.15) is 4.88 Å². The Balaban J connectivity index is 2.66. The lowest BCUT2D eigenvalue weighted by Gasteiger charge is -2.03. The van der Waals surface area contributed by atoms with Crippen LogP contribution < -0.4 is 4.72 Å². The number of rotatable bonds is 7. The highest BCUT2D eigenvalue weighted by molar-refractivity contribution is 7.91. The molecule has 0 atom stereocenters. The fraction of sp³-hybridized carbons (Fsp3) is 0.556. The molecule has 0 amide bonds.